The van der Waals surface area contributed by atoms with Gasteiger partial charge in [0.25, 0.3) is 0 Å². The van der Waals surface area contributed by atoms with Crippen molar-refractivity contribution in [2.75, 3.05) is 0 Å². The summed E-state index contributed by atoms with van der Waals surface area (Å²) in [4.78, 5) is 3.99. The van der Waals surface area contributed by atoms with Crippen molar-refractivity contribution in [1.82, 2.24) is 0 Å². The molecule has 0 amide bonds. The van der Waals surface area contributed by atoms with E-state index < -0.39 is 0 Å². The van der Waals surface area contributed by atoms with Crippen molar-refractivity contribution in [3.8, 4) is 23.0 Å². The van der Waals surface area contributed by atoms with Crippen molar-refractivity contribution in [2.24, 2.45) is 4.99 Å². The van der Waals surface area contributed by atoms with Gasteiger partial charge in [-0.2, -0.15) is 4.99 Å². The number of rotatable bonds is 4. The van der Waals surface area contributed by atoms with Crippen molar-refractivity contribution in [3.05, 3.63) is 89.0 Å². The quantitative estimate of drug-likeness (QED) is 0.282. The number of aliphatic imine (C=N–C) groups is 1. The Bertz CT molecular complexity index is 1030. The van der Waals surface area contributed by atoms with E-state index in [2.05, 4.69) is 103 Å². The van der Waals surface area contributed by atoms with E-state index in [1.807, 2.05) is 12.1 Å². The normalized spacial score (nSPS) is 9.85. The summed E-state index contributed by atoms with van der Waals surface area (Å²) in [7, 11) is 0. The minimum absolute atomic E-state index is 0.818. The summed E-state index contributed by atoms with van der Waals surface area (Å²) >= 11 is 4.64. The summed E-state index contributed by atoms with van der Waals surface area (Å²) in [6, 6.07) is 22.9. The lowest BCUT2D eigenvalue weighted by molar-refractivity contribution is 0.922. The molecule has 0 heterocycles. The molecule has 2 heteroatoms. The number of thiocarbonyl (C=S) groups is 1. The first-order chi connectivity index (χ1) is 13.2. The van der Waals surface area contributed by atoms with Gasteiger partial charge in [-0.1, -0.05) is 55.5 Å². The standard InChI is InChI=1S/C25H21NS/c1-3-4-20-5-7-21(8-6-20)9-10-22-11-16-25(19(2)17-22)23-12-14-24(15-13-23)26-18-27/h5-8,11-17H,3-4H2,1-2H3. The molecule has 0 fully saturated rings. The van der Waals surface area contributed by atoms with E-state index in [4.69, 9.17) is 0 Å². The Morgan fingerprint density at radius 1 is 0.852 bits per heavy atom. The Hall–Kier alpha value is -2.98. The summed E-state index contributed by atoms with van der Waals surface area (Å²) in [6.45, 7) is 4.31. The average molecular weight is 368 g/mol. The van der Waals surface area contributed by atoms with Gasteiger partial charge in [-0.15, -0.1) is 0 Å². The van der Waals surface area contributed by atoms with Crippen molar-refractivity contribution >= 4 is 23.1 Å². The Kier molecular flexibility index (Phi) is 6.34. The lowest BCUT2D eigenvalue weighted by Crippen LogP contribution is -1.86. The molecule has 0 unspecified atom stereocenters. The highest BCUT2D eigenvalue weighted by Gasteiger charge is 2.03. The van der Waals surface area contributed by atoms with E-state index in [-0.39, 0.29) is 0 Å². The zero-order valence-corrected chi connectivity index (χ0v) is 16.4. The number of hydrogen-bond donors (Lipinski definition) is 0. The molecule has 0 aromatic heterocycles. The van der Waals surface area contributed by atoms with Crippen LogP contribution in [0.4, 0.5) is 5.69 Å². The number of isothiocyanates is 1. The molecule has 27 heavy (non-hydrogen) atoms. The number of aryl methyl sites for hydroxylation is 2. The fraction of sp³-hybridized carbons (Fsp3) is 0.160. The fourth-order valence-electron chi connectivity index (χ4n) is 3.02. The van der Waals surface area contributed by atoms with Crippen molar-refractivity contribution < 1.29 is 0 Å². The van der Waals surface area contributed by atoms with Crippen LogP contribution >= 0.6 is 12.2 Å². The first kappa shape index (κ1) is 18.8. The van der Waals surface area contributed by atoms with Crippen molar-refractivity contribution in [1.29, 1.82) is 0 Å². The van der Waals surface area contributed by atoms with Gasteiger partial charge in [-0.3, -0.25) is 0 Å². The highest BCUT2D eigenvalue weighted by Crippen LogP contribution is 2.26. The second kappa shape index (κ2) is 9.10. The van der Waals surface area contributed by atoms with Crippen LogP contribution in [0.3, 0.4) is 0 Å². The van der Waals surface area contributed by atoms with E-state index in [0.717, 1.165) is 28.8 Å². The molecule has 3 aromatic carbocycles. The zero-order chi connectivity index (χ0) is 19.1. The van der Waals surface area contributed by atoms with Gasteiger partial charge in [-0.05, 0) is 84.2 Å². The maximum atomic E-state index is 4.64. The predicted molar refractivity (Wildman–Crippen MR) is 118 cm³/mol. The molecule has 0 aliphatic heterocycles. The third kappa shape index (κ3) is 5.02. The number of hydrogen-bond acceptors (Lipinski definition) is 2. The first-order valence-electron chi connectivity index (χ1n) is 9.09. The molecule has 0 saturated heterocycles. The largest absolute Gasteiger partial charge is 0.195 e. The summed E-state index contributed by atoms with van der Waals surface area (Å²) < 4.78 is 0. The Morgan fingerprint density at radius 2 is 1.52 bits per heavy atom. The van der Waals surface area contributed by atoms with Gasteiger partial charge in [0.15, 0.2) is 0 Å². The third-order valence-electron chi connectivity index (χ3n) is 4.42. The molecule has 3 rings (SSSR count). The van der Waals surface area contributed by atoms with Crippen LogP contribution in [0.15, 0.2) is 71.7 Å². The molecule has 0 atom stereocenters. The van der Waals surface area contributed by atoms with Crippen LogP contribution in [0.25, 0.3) is 11.1 Å². The fourth-order valence-corrected chi connectivity index (χ4v) is 3.13. The highest BCUT2D eigenvalue weighted by atomic mass is 32.1. The molecular formula is C25H21NS. The van der Waals surface area contributed by atoms with Crippen molar-refractivity contribution in [3.63, 3.8) is 0 Å². The molecular weight excluding hydrogens is 346 g/mol. The maximum absolute atomic E-state index is 4.64. The minimum atomic E-state index is 0.818. The van der Waals surface area contributed by atoms with Crippen LogP contribution in [0.1, 0.15) is 35.6 Å². The first-order valence-corrected chi connectivity index (χ1v) is 9.50. The van der Waals surface area contributed by atoms with Crippen LogP contribution in [0, 0.1) is 18.8 Å². The summed E-state index contributed by atoms with van der Waals surface area (Å²) in [5, 5.41) is 2.39. The maximum Gasteiger partial charge on any atom is 0.0739 e. The summed E-state index contributed by atoms with van der Waals surface area (Å²) in [5.41, 5.74) is 7.81. The number of nitrogens with zero attached hydrogens (tertiary/aromatic N) is 1. The third-order valence-corrected chi connectivity index (χ3v) is 4.51. The monoisotopic (exact) mass is 367 g/mol. The van der Waals surface area contributed by atoms with Gasteiger partial charge >= 0.3 is 0 Å². The minimum Gasteiger partial charge on any atom is -0.195 e. The molecule has 0 aliphatic rings. The van der Waals surface area contributed by atoms with Gasteiger partial charge in [0.05, 0.1) is 10.8 Å². The van der Waals surface area contributed by atoms with Gasteiger partial charge < -0.3 is 0 Å². The summed E-state index contributed by atoms with van der Waals surface area (Å²) in [6.07, 6.45) is 2.28. The Morgan fingerprint density at radius 3 is 2.15 bits per heavy atom. The Balaban J connectivity index is 1.79. The Labute approximate surface area is 166 Å². The SMILES string of the molecule is CCCc1ccc(C#Cc2ccc(-c3ccc(N=C=S)cc3)c(C)c2)cc1. The average Bonchev–Trinajstić information content (AvgIpc) is 2.69. The van der Waals surface area contributed by atoms with E-state index in [1.165, 1.54) is 23.1 Å². The smallest absolute Gasteiger partial charge is 0.0739 e. The lowest BCUT2D eigenvalue weighted by Gasteiger charge is -2.07. The molecule has 0 radical (unpaired) electrons. The molecule has 1 nitrogen and oxygen atoms in total. The van der Waals surface area contributed by atoms with Crippen LogP contribution in [-0.2, 0) is 6.42 Å². The van der Waals surface area contributed by atoms with E-state index in [1.54, 1.807) is 0 Å². The second-order valence-corrected chi connectivity index (χ2v) is 6.66. The van der Waals surface area contributed by atoms with Crippen LogP contribution in [0.5, 0.6) is 0 Å². The molecule has 0 bridgehead atoms. The number of benzene rings is 3. The van der Waals surface area contributed by atoms with Crippen LogP contribution in [-0.4, -0.2) is 5.16 Å². The molecule has 0 saturated carbocycles. The van der Waals surface area contributed by atoms with Gasteiger partial charge in [0.2, 0.25) is 0 Å². The van der Waals surface area contributed by atoms with Crippen LogP contribution < -0.4 is 0 Å². The lowest BCUT2D eigenvalue weighted by atomic mass is 9.98. The van der Waals surface area contributed by atoms with Crippen molar-refractivity contribution in [2.45, 2.75) is 26.7 Å². The molecule has 132 valence electrons. The predicted octanol–water partition coefficient (Wildman–Crippen LogP) is 6.75. The van der Waals surface area contributed by atoms with E-state index in [0.29, 0.717) is 0 Å². The highest BCUT2D eigenvalue weighted by molar-refractivity contribution is 7.78. The molecule has 0 aliphatic carbocycles. The molecule has 3 aromatic rings. The topological polar surface area (TPSA) is 12.4 Å². The van der Waals surface area contributed by atoms with Crippen LogP contribution in [0.2, 0.25) is 0 Å². The van der Waals surface area contributed by atoms with Gasteiger partial charge in [-0.25, -0.2) is 0 Å². The van der Waals surface area contributed by atoms with Gasteiger partial charge in [0, 0.05) is 11.1 Å². The van der Waals surface area contributed by atoms with E-state index in [9.17, 15) is 0 Å². The summed E-state index contributed by atoms with van der Waals surface area (Å²) in [5.74, 6) is 6.53. The zero-order valence-electron chi connectivity index (χ0n) is 15.6. The van der Waals surface area contributed by atoms with Gasteiger partial charge in [0.1, 0.15) is 0 Å². The molecule has 0 N–H and O–H groups in total. The van der Waals surface area contributed by atoms with E-state index >= 15 is 0 Å². The molecule has 0 spiro atoms. The second-order valence-electron chi connectivity index (χ2n) is 6.48.